The monoisotopic (exact) mass is 434 g/mol. The van der Waals surface area contributed by atoms with Gasteiger partial charge in [0.25, 0.3) is 0 Å². The predicted octanol–water partition coefficient (Wildman–Crippen LogP) is 2.29. The maximum Gasteiger partial charge on any atom is 0.244 e. The van der Waals surface area contributed by atoms with Crippen molar-refractivity contribution in [3.63, 3.8) is 0 Å². The van der Waals surface area contributed by atoms with E-state index in [0.717, 1.165) is 68.7 Å². The fourth-order valence-electron chi connectivity index (χ4n) is 4.11. The van der Waals surface area contributed by atoms with E-state index in [0.29, 0.717) is 26.4 Å². The number of morpholine rings is 1. The van der Waals surface area contributed by atoms with Crippen molar-refractivity contribution < 1.29 is 19.0 Å². The highest BCUT2D eigenvalue weighted by Gasteiger charge is 2.26. The molecular formula is C23H38N4O4. The van der Waals surface area contributed by atoms with Crippen LogP contribution < -0.4 is 19.7 Å². The average Bonchev–Trinajstić information content (AvgIpc) is 2.81. The van der Waals surface area contributed by atoms with Crippen molar-refractivity contribution in [2.75, 3.05) is 82.5 Å². The maximum absolute atomic E-state index is 13.0. The van der Waals surface area contributed by atoms with Gasteiger partial charge in [-0.3, -0.25) is 4.79 Å². The Labute approximate surface area is 186 Å². The Kier molecular flexibility index (Phi) is 8.66. The lowest BCUT2D eigenvalue weighted by Gasteiger charge is -2.35. The third-order valence-electron chi connectivity index (χ3n) is 5.89. The van der Waals surface area contributed by atoms with Crippen LogP contribution in [-0.2, 0) is 9.53 Å². The van der Waals surface area contributed by atoms with E-state index in [1.54, 1.807) is 0 Å². The number of carbonyl (C=O) groups is 1. The number of hydrogen-bond donors (Lipinski definition) is 1. The molecule has 2 saturated heterocycles. The van der Waals surface area contributed by atoms with Crippen molar-refractivity contribution in [3.8, 4) is 11.5 Å². The molecule has 2 aliphatic rings. The first-order valence-electron chi connectivity index (χ1n) is 11.6. The van der Waals surface area contributed by atoms with Crippen LogP contribution in [0, 0.1) is 0 Å². The minimum Gasteiger partial charge on any atom is -0.492 e. The Balaban J connectivity index is 1.78. The highest BCUT2D eigenvalue weighted by Crippen LogP contribution is 2.39. The van der Waals surface area contributed by atoms with Gasteiger partial charge in [0.05, 0.1) is 37.8 Å². The SMILES string of the molecule is CCOc1cc(N2CCOCC2)c(OCC)cc1N[C@@H](C)C(=O)N1CCN(CC)CC1. The summed E-state index contributed by atoms with van der Waals surface area (Å²) < 4.78 is 17.4. The summed E-state index contributed by atoms with van der Waals surface area (Å²) in [5.41, 5.74) is 1.80. The number of carbonyl (C=O) groups excluding carboxylic acids is 1. The molecule has 2 heterocycles. The summed E-state index contributed by atoms with van der Waals surface area (Å²) in [5, 5.41) is 3.39. The zero-order valence-corrected chi connectivity index (χ0v) is 19.5. The first kappa shape index (κ1) is 23.5. The topological polar surface area (TPSA) is 66.5 Å². The van der Waals surface area contributed by atoms with Crippen molar-refractivity contribution in [2.45, 2.75) is 33.7 Å². The van der Waals surface area contributed by atoms with Crippen molar-refractivity contribution in [1.82, 2.24) is 9.80 Å². The first-order valence-corrected chi connectivity index (χ1v) is 11.6. The number of ether oxygens (including phenoxy) is 3. The number of hydrogen-bond acceptors (Lipinski definition) is 7. The lowest BCUT2D eigenvalue weighted by molar-refractivity contribution is -0.133. The molecule has 1 aromatic carbocycles. The molecule has 1 amide bonds. The second-order valence-electron chi connectivity index (χ2n) is 7.91. The molecule has 1 aromatic rings. The molecular weight excluding hydrogens is 396 g/mol. The summed E-state index contributed by atoms with van der Waals surface area (Å²) in [6.07, 6.45) is 0. The van der Waals surface area contributed by atoms with E-state index in [1.807, 2.05) is 37.8 Å². The molecule has 2 fully saturated rings. The summed E-state index contributed by atoms with van der Waals surface area (Å²) in [6.45, 7) is 16.6. The van der Waals surface area contributed by atoms with Gasteiger partial charge >= 0.3 is 0 Å². The van der Waals surface area contributed by atoms with Crippen molar-refractivity contribution in [2.24, 2.45) is 0 Å². The first-order chi connectivity index (χ1) is 15.1. The van der Waals surface area contributed by atoms with Gasteiger partial charge in [-0.15, -0.1) is 0 Å². The molecule has 3 rings (SSSR count). The average molecular weight is 435 g/mol. The summed E-state index contributed by atoms with van der Waals surface area (Å²) in [5.74, 6) is 1.66. The smallest absolute Gasteiger partial charge is 0.244 e. The Morgan fingerprint density at radius 3 is 2.26 bits per heavy atom. The highest BCUT2D eigenvalue weighted by molar-refractivity contribution is 5.85. The molecule has 0 bridgehead atoms. The molecule has 8 nitrogen and oxygen atoms in total. The van der Waals surface area contributed by atoms with Crippen LogP contribution in [-0.4, -0.2) is 94.0 Å². The zero-order chi connectivity index (χ0) is 22.2. The molecule has 0 saturated carbocycles. The summed E-state index contributed by atoms with van der Waals surface area (Å²) in [4.78, 5) is 19.6. The van der Waals surface area contributed by atoms with Crippen LogP contribution in [0.25, 0.3) is 0 Å². The van der Waals surface area contributed by atoms with E-state index in [9.17, 15) is 4.79 Å². The molecule has 2 aliphatic heterocycles. The number of nitrogens with zero attached hydrogens (tertiary/aromatic N) is 3. The van der Waals surface area contributed by atoms with Crippen molar-refractivity contribution >= 4 is 17.3 Å². The van der Waals surface area contributed by atoms with Crippen LogP contribution in [0.2, 0.25) is 0 Å². The Bertz CT molecular complexity index is 716. The van der Waals surface area contributed by atoms with E-state index in [4.69, 9.17) is 14.2 Å². The minimum absolute atomic E-state index is 0.119. The molecule has 0 aromatic heterocycles. The summed E-state index contributed by atoms with van der Waals surface area (Å²) >= 11 is 0. The second-order valence-corrected chi connectivity index (χ2v) is 7.91. The van der Waals surface area contributed by atoms with Crippen LogP contribution in [0.3, 0.4) is 0 Å². The van der Waals surface area contributed by atoms with Gasteiger partial charge in [0, 0.05) is 51.4 Å². The van der Waals surface area contributed by atoms with Gasteiger partial charge in [-0.1, -0.05) is 6.92 Å². The van der Waals surface area contributed by atoms with Gasteiger partial charge in [0.1, 0.15) is 17.5 Å². The Morgan fingerprint density at radius 1 is 1.00 bits per heavy atom. The van der Waals surface area contributed by atoms with Gasteiger partial charge in [-0.2, -0.15) is 0 Å². The van der Waals surface area contributed by atoms with E-state index < -0.39 is 0 Å². The number of likely N-dealkylation sites (N-methyl/N-ethyl adjacent to an activating group) is 1. The van der Waals surface area contributed by atoms with Gasteiger partial charge in [-0.25, -0.2) is 0 Å². The molecule has 0 radical (unpaired) electrons. The second kappa shape index (κ2) is 11.4. The fraction of sp³-hybridized carbons (Fsp3) is 0.696. The summed E-state index contributed by atoms with van der Waals surface area (Å²) in [7, 11) is 0. The van der Waals surface area contributed by atoms with Gasteiger partial charge in [-0.05, 0) is 27.3 Å². The van der Waals surface area contributed by atoms with Crippen molar-refractivity contribution in [3.05, 3.63) is 12.1 Å². The van der Waals surface area contributed by atoms with E-state index in [1.165, 1.54) is 0 Å². The van der Waals surface area contributed by atoms with E-state index in [2.05, 4.69) is 22.0 Å². The number of nitrogens with one attached hydrogen (secondary N) is 1. The molecule has 1 N–H and O–H groups in total. The predicted molar refractivity (Wildman–Crippen MR) is 124 cm³/mol. The standard InChI is InChI=1S/C23H38N4O4/c1-5-25-8-10-27(11-9-25)23(28)18(4)24-19-16-22(31-7-3)20(17-21(19)30-6-2)26-12-14-29-15-13-26/h16-18,24H,5-15H2,1-4H3/t18-/m0/s1. The Hall–Kier alpha value is -2.19. The van der Waals surface area contributed by atoms with Crippen molar-refractivity contribution in [1.29, 1.82) is 0 Å². The molecule has 0 unspecified atom stereocenters. The number of amides is 1. The zero-order valence-electron chi connectivity index (χ0n) is 19.5. The number of rotatable bonds is 9. The number of benzene rings is 1. The van der Waals surface area contributed by atoms with Crippen LogP contribution in [0.15, 0.2) is 12.1 Å². The van der Waals surface area contributed by atoms with Gasteiger partial charge in [0.15, 0.2) is 0 Å². The largest absolute Gasteiger partial charge is 0.492 e. The van der Waals surface area contributed by atoms with Gasteiger partial charge < -0.3 is 34.2 Å². The van der Waals surface area contributed by atoms with E-state index in [-0.39, 0.29) is 11.9 Å². The maximum atomic E-state index is 13.0. The third kappa shape index (κ3) is 5.95. The molecule has 31 heavy (non-hydrogen) atoms. The molecule has 8 heteroatoms. The Morgan fingerprint density at radius 2 is 1.65 bits per heavy atom. The molecule has 0 spiro atoms. The van der Waals surface area contributed by atoms with Crippen LogP contribution in [0.4, 0.5) is 11.4 Å². The quantitative estimate of drug-likeness (QED) is 0.640. The third-order valence-corrected chi connectivity index (χ3v) is 5.89. The summed E-state index contributed by atoms with van der Waals surface area (Å²) in [6, 6.07) is 3.65. The lowest BCUT2D eigenvalue weighted by atomic mass is 10.1. The number of piperazine rings is 1. The fourth-order valence-corrected chi connectivity index (χ4v) is 4.11. The van der Waals surface area contributed by atoms with Crippen LogP contribution in [0.1, 0.15) is 27.7 Å². The molecule has 174 valence electrons. The number of anilines is 2. The van der Waals surface area contributed by atoms with Crippen LogP contribution in [0.5, 0.6) is 11.5 Å². The highest BCUT2D eigenvalue weighted by atomic mass is 16.5. The minimum atomic E-state index is -0.351. The van der Waals surface area contributed by atoms with E-state index >= 15 is 0 Å². The van der Waals surface area contributed by atoms with Crippen LogP contribution >= 0.6 is 0 Å². The lowest BCUT2D eigenvalue weighted by Crippen LogP contribution is -2.52. The molecule has 0 aliphatic carbocycles. The van der Waals surface area contributed by atoms with Gasteiger partial charge in [0.2, 0.25) is 5.91 Å². The molecule has 1 atom stereocenters. The normalized spacial score (nSPS) is 18.6.